The predicted molar refractivity (Wildman–Crippen MR) is 95.9 cm³/mol. The fourth-order valence-corrected chi connectivity index (χ4v) is 3.64. The third kappa shape index (κ3) is 3.21. The van der Waals surface area contributed by atoms with Crippen molar-refractivity contribution >= 4 is 11.8 Å². The molecule has 3 rings (SSSR count). The van der Waals surface area contributed by atoms with Gasteiger partial charge in [-0.1, -0.05) is 13.0 Å². The van der Waals surface area contributed by atoms with Gasteiger partial charge < -0.3 is 9.47 Å². The molecule has 26 heavy (non-hydrogen) atoms. The van der Waals surface area contributed by atoms with Gasteiger partial charge in [-0.3, -0.25) is 4.79 Å². The lowest BCUT2D eigenvalue weighted by molar-refractivity contribution is -0.118. The molecule has 0 aliphatic heterocycles. The van der Waals surface area contributed by atoms with Crippen molar-refractivity contribution in [1.29, 1.82) is 0 Å². The predicted octanol–water partition coefficient (Wildman–Crippen LogP) is 4.37. The van der Waals surface area contributed by atoms with Crippen LogP contribution in [0.15, 0.2) is 36.4 Å². The first-order valence-corrected chi connectivity index (χ1v) is 8.55. The van der Waals surface area contributed by atoms with Gasteiger partial charge in [0.1, 0.15) is 17.3 Å². The molecule has 1 fully saturated rings. The van der Waals surface area contributed by atoms with Crippen molar-refractivity contribution in [3.05, 3.63) is 53.3 Å². The quantitative estimate of drug-likeness (QED) is 0.764. The van der Waals surface area contributed by atoms with Gasteiger partial charge in [-0.05, 0) is 53.8 Å². The normalized spacial score (nSPS) is 19.5. The van der Waals surface area contributed by atoms with Crippen LogP contribution in [-0.2, 0) is 9.53 Å². The van der Waals surface area contributed by atoms with E-state index in [1.54, 1.807) is 30.3 Å². The van der Waals surface area contributed by atoms with Crippen LogP contribution in [0.1, 0.15) is 41.6 Å². The number of hydrogen-bond acceptors (Lipinski definition) is 4. The van der Waals surface area contributed by atoms with Crippen LogP contribution in [0.2, 0.25) is 0 Å². The summed E-state index contributed by atoms with van der Waals surface area (Å²) in [5, 5.41) is 0. The van der Waals surface area contributed by atoms with E-state index in [9.17, 15) is 14.0 Å². The number of methoxy groups -OCH3 is 2. The molecule has 136 valence electrons. The second-order valence-electron chi connectivity index (χ2n) is 6.60. The smallest absolute Gasteiger partial charge is 0.337 e. The molecular formula is C21H21FO4. The Bertz CT molecular complexity index is 859. The number of rotatable bonds is 4. The van der Waals surface area contributed by atoms with E-state index >= 15 is 0 Å². The first-order chi connectivity index (χ1) is 12.5. The first-order valence-electron chi connectivity index (χ1n) is 8.55. The van der Waals surface area contributed by atoms with E-state index in [2.05, 4.69) is 0 Å². The van der Waals surface area contributed by atoms with Crippen LogP contribution in [0.25, 0.3) is 11.1 Å². The Hall–Kier alpha value is -2.69. The van der Waals surface area contributed by atoms with Gasteiger partial charge in [-0.15, -0.1) is 0 Å². The van der Waals surface area contributed by atoms with Gasteiger partial charge in [0.2, 0.25) is 0 Å². The van der Waals surface area contributed by atoms with Gasteiger partial charge in [0.25, 0.3) is 0 Å². The van der Waals surface area contributed by atoms with Crippen molar-refractivity contribution < 1.29 is 23.5 Å². The summed E-state index contributed by atoms with van der Waals surface area (Å²) in [6, 6.07) is 9.42. The highest BCUT2D eigenvalue weighted by Gasteiger charge is 2.35. The molecule has 0 aromatic heterocycles. The van der Waals surface area contributed by atoms with Crippen LogP contribution in [-0.4, -0.2) is 26.0 Å². The second-order valence-corrected chi connectivity index (χ2v) is 6.60. The highest BCUT2D eigenvalue weighted by molar-refractivity contribution is 5.94. The lowest BCUT2D eigenvalue weighted by Crippen LogP contribution is -2.13. The van der Waals surface area contributed by atoms with Gasteiger partial charge in [0.05, 0.1) is 19.8 Å². The van der Waals surface area contributed by atoms with E-state index in [1.165, 1.54) is 20.3 Å². The Kier molecular flexibility index (Phi) is 5.07. The Morgan fingerprint density at radius 3 is 2.50 bits per heavy atom. The van der Waals surface area contributed by atoms with E-state index < -0.39 is 11.8 Å². The standard InChI is InChI=1S/C21H21FO4/c1-12-4-9-19(23)20(12)17-10-13(21(24)26-3)5-7-15(17)16-11-14(25-2)6-8-18(16)22/h5-8,10-12,20H,4,9H2,1-3H3. The minimum absolute atomic E-state index is 0.115. The number of carbonyl (C=O) groups is 2. The molecule has 0 N–H and O–H groups in total. The number of Topliss-reactive ketones (excluding diaryl/α,β-unsaturated/α-hetero) is 1. The van der Waals surface area contributed by atoms with Gasteiger partial charge in [-0.2, -0.15) is 0 Å². The van der Waals surface area contributed by atoms with E-state index in [0.29, 0.717) is 34.4 Å². The summed E-state index contributed by atoms with van der Waals surface area (Å²) in [7, 11) is 2.82. The summed E-state index contributed by atoms with van der Waals surface area (Å²) in [4.78, 5) is 24.5. The van der Waals surface area contributed by atoms with Crippen LogP contribution >= 0.6 is 0 Å². The lowest BCUT2D eigenvalue weighted by Gasteiger charge is -2.20. The van der Waals surface area contributed by atoms with Crippen LogP contribution in [0, 0.1) is 11.7 Å². The second kappa shape index (κ2) is 7.28. The molecule has 5 heteroatoms. The molecule has 1 aliphatic carbocycles. The average Bonchev–Trinajstić information content (AvgIpc) is 2.99. The molecule has 0 spiro atoms. The van der Waals surface area contributed by atoms with Crippen LogP contribution in [0.3, 0.4) is 0 Å². The summed E-state index contributed by atoms with van der Waals surface area (Å²) < 4.78 is 24.6. The van der Waals surface area contributed by atoms with Crippen molar-refractivity contribution in [3.8, 4) is 16.9 Å². The van der Waals surface area contributed by atoms with Crippen molar-refractivity contribution in [2.45, 2.75) is 25.7 Å². The van der Waals surface area contributed by atoms with Crippen molar-refractivity contribution in [2.75, 3.05) is 14.2 Å². The molecule has 0 amide bonds. The Morgan fingerprint density at radius 2 is 1.88 bits per heavy atom. The lowest BCUT2D eigenvalue weighted by atomic mass is 9.83. The number of esters is 1. The topological polar surface area (TPSA) is 52.6 Å². The number of ether oxygens (including phenoxy) is 2. The Labute approximate surface area is 151 Å². The molecule has 0 bridgehead atoms. The van der Waals surface area contributed by atoms with E-state index in [1.807, 2.05) is 6.92 Å². The number of benzene rings is 2. The molecule has 4 nitrogen and oxygen atoms in total. The molecule has 2 atom stereocenters. The summed E-state index contributed by atoms with van der Waals surface area (Å²) >= 11 is 0. The van der Waals surface area contributed by atoms with Crippen LogP contribution in [0.5, 0.6) is 5.75 Å². The first kappa shape index (κ1) is 18.1. The molecule has 1 aliphatic rings. The molecule has 0 radical (unpaired) electrons. The number of carbonyl (C=O) groups excluding carboxylic acids is 2. The minimum Gasteiger partial charge on any atom is -0.497 e. The fraction of sp³-hybridized carbons (Fsp3) is 0.333. The Balaban J connectivity index is 2.22. The van der Waals surface area contributed by atoms with E-state index in [-0.39, 0.29) is 17.6 Å². The largest absolute Gasteiger partial charge is 0.497 e. The monoisotopic (exact) mass is 356 g/mol. The summed E-state index contributed by atoms with van der Waals surface area (Å²) in [5.74, 6) is -0.486. The molecule has 0 saturated heterocycles. The van der Waals surface area contributed by atoms with E-state index in [0.717, 1.165) is 6.42 Å². The average molecular weight is 356 g/mol. The highest BCUT2D eigenvalue weighted by Crippen LogP contribution is 2.42. The SMILES string of the molecule is COC(=O)c1ccc(-c2cc(OC)ccc2F)c(C2C(=O)CCC2C)c1. The molecule has 2 unspecified atom stereocenters. The maximum Gasteiger partial charge on any atom is 0.337 e. The molecule has 1 saturated carbocycles. The number of ketones is 1. The van der Waals surface area contributed by atoms with Crippen molar-refractivity contribution in [3.63, 3.8) is 0 Å². The van der Waals surface area contributed by atoms with Gasteiger partial charge in [0, 0.05) is 17.9 Å². The zero-order valence-electron chi connectivity index (χ0n) is 15.0. The Morgan fingerprint density at radius 1 is 1.12 bits per heavy atom. The number of halogens is 1. The zero-order chi connectivity index (χ0) is 18.8. The van der Waals surface area contributed by atoms with Gasteiger partial charge in [-0.25, -0.2) is 9.18 Å². The minimum atomic E-state index is -0.484. The van der Waals surface area contributed by atoms with Gasteiger partial charge in [0.15, 0.2) is 0 Å². The maximum atomic E-state index is 14.5. The van der Waals surface area contributed by atoms with Crippen LogP contribution in [0.4, 0.5) is 4.39 Å². The maximum absolute atomic E-state index is 14.5. The molecular weight excluding hydrogens is 335 g/mol. The van der Waals surface area contributed by atoms with Gasteiger partial charge >= 0.3 is 5.97 Å². The number of hydrogen-bond donors (Lipinski definition) is 0. The van der Waals surface area contributed by atoms with E-state index in [4.69, 9.17) is 9.47 Å². The summed E-state index contributed by atoms with van der Waals surface area (Å²) in [5.41, 5.74) is 1.96. The van der Waals surface area contributed by atoms with Crippen LogP contribution < -0.4 is 4.74 Å². The summed E-state index contributed by atoms with van der Waals surface area (Å²) in [6.45, 7) is 2.01. The summed E-state index contributed by atoms with van der Waals surface area (Å²) in [6.07, 6.45) is 1.28. The fourth-order valence-electron chi connectivity index (χ4n) is 3.64. The molecule has 2 aromatic rings. The molecule has 2 aromatic carbocycles. The highest BCUT2D eigenvalue weighted by atomic mass is 19.1. The van der Waals surface area contributed by atoms with Crippen molar-refractivity contribution in [1.82, 2.24) is 0 Å². The third-order valence-corrected chi connectivity index (χ3v) is 5.03. The third-order valence-electron chi connectivity index (χ3n) is 5.03. The zero-order valence-corrected chi connectivity index (χ0v) is 15.0. The van der Waals surface area contributed by atoms with Crippen molar-refractivity contribution in [2.24, 2.45) is 5.92 Å². The molecule has 0 heterocycles.